The molecule has 1 aromatic carbocycles. The molecule has 0 radical (unpaired) electrons. The maximum absolute atomic E-state index is 5.33. The Morgan fingerprint density at radius 3 is 2.44 bits per heavy atom. The summed E-state index contributed by atoms with van der Waals surface area (Å²) in [5, 5.41) is 6.66. The number of nitrogens with zero attached hydrogens (tertiary/aromatic N) is 2. The first-order valence-electron chi connectivity index (χ1n) is 8.54. The van der Waals surface area contributed by atoms with Crippen LogP contribution in [0, 0.1) is 0 Å². The van der Waals surface area contributed by atoms with Crippen molar-refractivity contribution in [1.29, 1.82) is 0 Å². The van der Waals surface area contributed by atoms with E-state index in [0.29, 0.717) is 17.5 Å². The molecule has 25 heavy (non-hydrogen) atoms. The van der Waals surface area contributed by atoms with E-state index in [1.807, 2.05) is 18.2 Å². The van der Waals surface area contributed by atoms with Crippen LogP contribution in [0.2, 0.25) is 0 Å². The van der Waals surface area contributed by atoms with Crippen molar-refractivity contribution >= 4 is 35.6 Å². The molecule has 0 spiro atoms. The third kappa shape index (κ3) is 6.54. The number of guanidine groups is 1. The van der Waals surface area contributed by atoms with Crippen molar-refractivity contribution in [3.8, 4) is 11.5 Å². The molecular weight excluding hydrogens is 431 g/mol. The minimum atomic E-state index is 0. The highest BCUT2D eigenvalue weighted by molar-refractivity contribution is 14.0. The second-order valence-corrected chi connectivity index (χ2v) is 6.26. The van der Waals surface area contributed by atoms with Gasteiger partial charge in [0.15, 0.2) is 17.5 Å². The molecule has 0 heterocycles. The topological polar surface area (TPSA) is 58.1 Å². The summed E-state index contributed by atoms with van der Waals surface area (Å²) in [6, 6.07) is 7.07. The standard InChI is InChI=1S/C18H30N4O2.HI/c1-13(2)22(15-7-8-15)11-10-20-18(19-3)21-14-6-9-16(23-4)17(12-14)24-5;/h6,9,12-13,15H,7-8,10-11H2,1-5H3,(H2,19,20,21);1H. The Kier molecular flexibility index (Phi) is 9.34. The molecule has 0 aliphatic heterocycles. The zero-order valence-electron chi connectivity index (χ0n) is 15.8. The van der Waals surface area contributed by atoms with Gasteiger partial charge in [-0.25, -0.2) is 0 Å². The van der Waals surface area contributed by atoms with E-state index < -0.39 is 0 Å². The van der Waals surface area contributed by atoms with Gasteiger partial charge in [0.25, 0.3) is 0 Å². The van der Waals surface area contributed by atoms with Crippen molar-refractivity contribution in [2.45, 2.75) is 38.8 Å². The fraction of sp³-hybridized carbons (Fsp3) is 0.611. The van der Waals surface area contributed by atoms with Crippen molar-refractivity contribution in [3.05, 3.63) is 18.2 Å². The predicted octanol–water partition coefficient (Wildman–Crippen LogP) is 3.18. The van der Waals surface area contributed by atoms with E-state index in [1.165, 1.54) is 12.8 Å². The molecular formula is C18H31IN4O2. The van der Waals surface area contributed by atoms with E-state index in [2.05, 4.69) is 34.4 Å². The minimum absolute atomic E-state index is 0. The van der Waals surface area contributed by atoms with Gasteiger partial charge >= 0.3 is 0 Å². The van der Waals surface area contributed by atoms with Crippen molar-refractivity contribution in [2.24, 2.45) is 4.99 Å². The van der Waals surface area contributed by atoms with Crippen LogP contribution in [-0.2, 0) is 0 Å². The lowest BCUT2D eigenvalue weighted by atomic mass is 10.2. The number of anilines is 1. The molecule has 0 amide bonds. The van der Waals surface area contributed by atoms with Crippen LogP contribution in [0.3, 0.4) is 0 Å². The zero-order chi connectivity index (χ0) is 17.5. The number of aliphatic imine (C=N–C) groups is 1. The summed E-state index contributed by atoms with van der Waals surface area (Å²) < 4.78 is 10.6. The molecule has 7 heteroatoms. The van der Waals surface area contributed by atoms with Crippen molar-refractivity contribution in [1.82, 2.24) is 10.2 Å². The van der Waals surface area contributed by atoms with Crippen molar-refractivity contribution < 1.29 is 9.47 Å². The van der Waals surface area contributed by atoms with Gasteiger partial charge in [-0.05, 0) is 38.8 Å². The van der Waals surface area contributed by atoms with Crippen LogP contribution in [0.1, 0.15) is 26.7 Å². The highest BCUT2D eigenvalue weighted by Gasteiger charge is 2.30. The molecule has 0 unspecified atom stereocenters. The number of benzene rings is 1. The molecule has 1 saturated carbocycles. The van der Waals surface area contributed by atoms with Gasteiger partial charge in [0.05, 0.1) is 14.2 Å². The summed E-state index contributed by atoms with van der Waals surface area (Å²) in [5.74, 6) is 2.15. The molecule has 2 rings (SSSR count). The Bertz CT molecular complexity index is 560. The molecule has 1 fully saturated rings. The van der Waals surface area contributed by atoms with Gasteiger partial charge in [-0.3, -0.25) is 9.89 Å². The summed E-state index contributed by atoms with van der Waals surface area (Å²) in [6.07, 6.45) is 2.66. The number of methoxy groups -OCH3 is 2. The van der Waals surface area contributed by atoms with Gasteiger partial charge < -0.3 is 20.1 Å². The van der Waals surface area contributed by atoms with Crippen LogP contribution in [0.15, 0.2) is 23.2 Å². The zero-order valence-corrected chi connectivity index (χ0v) is 18.2. The number of hydrogen-bond acceptors (Lipinski definition) is 4. The third-order valence-electron chi connectivity index (χ3n) is 4.21. The Labute approximate surface area is 168 Å². The average Bonchev–Trinajstić information content (AvgIpc) is 3.41. The number of hydrogen-bond donors (Lipinski definition) is 2. The molecule has 1 aliphatic rings. The fourth-order valence-corrected chi connectivity index (χ4v) is 2.80. The van der Waals surface area contributed by atoms with Crippen LogP contribution >= 0.6 is 24.0 Å². The smallest absolute Gasteiger partial charge is 0.195 e. The lowest BCUT2D eigenvalue weighted by Gasteiger charge is -2.26. The van der Waals surface area contributed by atoms with Crippen LogP contribution in [0.4, 0.5) is 5.69 Å². The van der Waals surface area contributed by atoms with Gasteiger partial charge in [0, 0.05) is 44.0 Å². The Balaban J connectivity index is 0.00000312. The van der Waals surface area contributed by atoms with Crippen molar-refractivity contribution in [3.63, 3.8) is 0 Å². The lowest BCUT2D eigenvalue weighted by Crippen LogP contribution is -2.41. The third-order valence-corrected chi connectivity index (χ3v) is 4.21. The highest BCUT2D eigenvalue weighted by atomic mass is 127. The number of halogens is 1. The average molecular weight is 462 g/mol. The van der Waals surface area contributed by atoms with E-state index in [9.17, 15) is 0 Å². The van der Waals surface area contributed by atoms with E-state index in [-0.39, 0.29) is 24.0 Å². The first-order valence-corrected chi connectivity index (χ1v) is 8.54. The Morgan fingerprint density at radius 1 is 1.24 bits per heavy atom. The fourth-order valence-electron chi connectivity index (χ4n) is 2.80. The molecule has 142 valence electrons. The van der Waals surface area contributed by atoms with E-state index in [4.69, 9.17) is 9.47 Å². The Hall–Kier alpha value is -1.22. The van der Waals surface area contributed by atoms with Crippen molar-refractivity contribution in [2.75, 3.05) is 39.7 Å². The normalized spacial score (nSPS) is 14.3. The quantitative estimate of drug-likeness (QED) is 0.353. The molecule has 0 atom stereocenters. The van der Waals surface area contributed by atoms with Crippen LogP contribution in [0.5, 0.6) is 11.5 Å². The largest absolute Gasteiger partial charge is 0.493 e. The molecule has 6 nitrogen and oxygen atoms in total. The first kappa shape index (κ1) is 21.8. The Morgan fingerprint density at radius 2 is 1.92 bits per heavy atom. The monoisotopic (exact) mass is 462 g/mol. The molecule has 0 aromatic heterocycles. The predicted molar refractivity (Wildman–Crippen MR) is 115 cm³/mol. The van der Waals surface area contributed by atoms with Gasteiger partial charge in [0.1, 0.15) is 0 Å². The summed E-state index contributed by atoms with van der Waals surface area (Å²) in [7, 11) is 5.04. The van der Waals surface area contributed by atoms with E-state index in [1.54, 1.807) is 21.3 Å². The summed E-state index contributed by atoms with van der Waals surface area (Å²) in [4.78, 5) is 6.84. The van der Waals surface area contributed by atoms with Gasteiger partial charge in [-0.1, -0.05) is 0 Å². The molecule has 1 aliphatic carbocycles. The summed E-state index contributed by atoms with van der Waals surface area (Å²) >= 11 is 0. The maximum Gasteiger partial charge on any atom is 0.195 e. The van der Waals surface area contributed by atoms with Crippen LogP contribution in [0.25, 0.3) is 0 Å². The molecule has 0 bridgehead atoms. The van der Waals surface area contributed by atoms with Crippen LogP contribution in [-0.4, -0.2) is 57.3 Å². The van der Waals surface area contributed by atoms with E-state index in [0.717, 1.165) is 30.8 Å². The molecule has 0 saturated heterocycles. The minimum Gasteiger partial charge on any atom is -0.493 e. The highest BCUT2D eigenvalue weighted by Crippen LogP contribution is 2.30. The second-order valence-electron chi connectivity index (χ2n) is 6.26. The van der Waals surface area contributed by atoms with Gasteiger partial charge in [-0.2, -0.15) is 0 Å². The number of ether oxygens (including phenoxy) is 2. The summed E-state index contributed by atoms with van der Waals surface area (Å²) in [6.45, 7) is 6.40. The second kappa shape index (κ2) is 10.7. The maximum atomic E-state index is 5.33. The van der Waals surface area contributed by atoms with Gasteiger partial charge in [0.2, 0.25) is 0 Å². The first-order chi connectivity index (χ1) is 11.6. The van der Waals surface area contributed by atoms with E-state index >= 15 is 0 Å². The summed E-state index contributed by atoms with van der Waals surface area (Å²) in [5.41, 5.74) is 0.906. The number of rotatable bonds is 8. The molecule has 1 aromatic rings. The number of nitrogens with one attached hydrogen (secondary N) is 2. The SMILES string of the molecule is CN=C(NCCN(C(C)C)C1CC1)Nc1ccc(OC)c(OC)c1.I. The van der Waals surface area contributed by atoms with Crippen LogP contribution < -0.4 is 20.1 Å². The molecule has 2 N–H and O–H groups in total. The van der Waals surface area contributed by atoms with Gasteiger partial charge in [-0.15, -0.1) is 24.0 Å². The lowest BCUT2D eigenvalue weighted by molar-refractivity contribution is 0.215.